The molecule has 1 aliphatic heterocycles. The number of aromatic nitrogens is 1. The summed E-state index contributed by atoms with van der Waals surface area (Å²) in [5.74, 6) is 0.181. The fraction of sp³-hybridized carbons (Fsp3) is 0.381. The number of hydrogen-bond donors (Lipinski definition) is 0. The smallest absolute Gasteiger partial charge is 0.415 e. The van der Waals surface area contributed by atoms with Crippen molar-refractivity contribution in [2.24, 2.45) is 0 Å². The molecule has 1 fully saturated rings. The number of aryl methyl sites for hydroxylation is 1. The number of pyridine rings is 1. The second-order valence-electron chi connectivity index (χ2n) is 6.99. The quantitative estimate of drug-likeness (QED) is 0.738. The third kappa shape index (κ3) is 4.92. The van der Waals surface area contributed by atoms with Gasteiger partial charge in [0, 0.05) is 31.9 Å². The second-order valence-corrected chi connectivity index (χ2v) is 6.99. The topological polar surface area (TPSA) is 62.7 Å². The van der Waals surface area contributed by atoms with Crippen molar-refractivity contribution in [3.63, 3.8) is 0 Å². The highest BCUT2D eigenvalue weighted by atomic mass is 19.1. The molecule has 0 aliphatic carbocycles. The Balaban J connectivity index is 1.47. The Kier molecular flexibility index (Phi) is 6.36. The largest absolute Gasteiger partial charge is 0.446 e. The third-order valence-corrected chi connectivity index (χ3v) is 4.91. The number of Topliss-reactive ketones (excluding diaryl/α,β-unsaturated/α-hetero) is 1. The second kappa shape index (κ2) is 8.93. The molecule has 0 saturated carbocycles. The van der Waals surface area contributed by atoms with Crippen LogP contribution in [0, 0.1) is 12.7 Å². The number of amides is 1. The number of benzene rings is 1. The first kappa shape index (κ1) is 19.9. The van der Waals surface area contributed by atoms with E-state index in [1.54, 1.807) is 13.2 Å². The highest BCUT2D eigenvalue weighted by Gasteiger charge is 2.26. The van der Waals surface area contributed by atoms with E-state index in [4.69, 9.17) is 4.74 Å². The minimum atomic E-state index is -0.428. The fourth-order valence-electron chi connectivity index (χ4n) is 3.25. The van der Waals surface area contributed by atoms with Gasteiger partial charge in [0.2, 0.25) is 0 Å². The molecule has 0 radical (unpaired) electrons. The monoisotopic (exact) mass is 385 g/mol. The maximum atomic E-state index is 13.0. The van der Waals surface area contributed by atoms with E-state index >= 15 is 0 Å². The number of ketones is 1. The van der Waals surface area contributed by atoms with Gasteiger partial charge in [0.1, 0.15) is 17.7 Å². The Morgan fingerprint density at radius 1 is 1.21 bits per heavy atom. The van der Waals surface area contributed by atoms with E-state index in [1.807, 2.05) is 24.0 Å². The SMILES string of the molecule is Cc1cccnc1N(C)C(=O)OC1CCN(CC(=O)c2ccc(F)cc2)CC1. The summed E-state index contributed by atoms with van der Waals surface area (Å²) in [5.41, 5.74) is 1.40. The number of likely N-dealkylation sites (tertiary alicyclic amines) is 1. The molecule has 1 aliphatic rings. The molecule has 28 heavy (non-hydrogen) atoms. The molecule has 0 bridgehead atoms. The highest BCUT2D eigenvalue weighted by molar-refractivity contribution is 5.97. The number of nitrogens with zero attached hydrogens (tertiary/aromatic N) is 3. The van der Waals surface area contributed by atoms with Crippen molar-refractivity contribution in [1.29, 1.82) is 0 Å². The Bertz CT molecular complexity index is 833. The number of carbonyl (C=O) groups excluding carboxylic acids is 2. The molecule has 1 amide bonds. The molecular weight excluding hydrogens is 361 g/mol. The van der Waals surface area contributed by atoms with Gasteiger partial charge in [-0.15, -0.1) is 0 Å². The highest BCUT2D eigenvalue weighted by Crippen LogP contribution is 2.19. The van der Waals surface area contributed by atoms with Crippen molar-refractivity contribution >= 4 is 17.7 Å². The van der Waals surface area contributed by atoms with Crippen LogP contribution in [-0.4, -0.2) is 54.5 Å². The van der Waals surface area contributed by atoms with E-state index in [1.165, 1.54) is 29.2 Å². The number of carbonyl (C=O) groups is 2. The van der Waals surface area contributed by atoms with Gasteiger partial charge in [0.05, 0.1) is 6.54 Å². The zero-order valence-electron chi connectivity index (χ0n) is 16.1. The molecule has 1 saturated heterocycles. The summed E-state index contributed by atoms with van der Waals surface area (Å²) in [6, 6.07) is 9.30. The van der Waals surface area contributed by atoms with E-state index in [-0.39, 0.29) is 24.2 Å². The van der Waals surface area contributed by atoms with E-state index in [0.717, 1.165) is 5.56 Å². The van der Waals surface area contributed by atoms with Crippen molar-refractivity contribution in [3.05, 3.63) is 59.5 Å². The molecule has 0 spiro atoms. The number of anilines is 1. The maximum absolute atomic E-state index is 13.0. The Labute approximate surface area is 163 Å². The van der Waals surface area contributed by atoms with Gasteiger partial charge in [0.15, 0.2) is 5.78 Å². The van der Waals surface area contributed by atoms with Crippen LogP contribution < -0.4 is 4.90 Å². The first-order chi connectivity index (χ1) is 13.4. The number of piperidine rings is 1. The standard InChI is InChI=1S/C21H24FN3O3/c1-15-4-3-11-23-20(15)24(2)21(27)28-18-9-12-25(13-10-18)14-19(26)16-5-7-17(22)8-6-16/h3-8,11,18H,9-10,12-14H2,1-2H3. The average molecular weight is 385 g/mol. The molecule has 1 aromatic carbocycles. The Morgan fingerprint density at radius 3 is 2.54 bits per heavy atom. The average Bonchev–Trinajstić information content (AvgIpc) is 2.69. The normalized spacial score (nSPS) is 15.2. The van der Waals surface area contributed by atoms with Crippen molar-refractivity contribution in [2.45, 2.75) is 25.9 Å². The summed E-state index contributed by atoms with van der Waals surface area (Å²) in [6.45, 7) is 3.50. The van der Waals surface area contributed by atoms with Gasteiger partial charge in [-0.3, -0.25) is 14.6 Å². The first-order valence-corrected chi connectivity index (χ1v) is 9.31. The lowest BCUT2D eigenvalue weighted by Gasteiger charge is -2.32. The van der Waals surface area contributed by atoms with Gasteiger partial charge in [-0.1, -0.05) is 6.07 Å². The van der Waals surface area contributed by atoms with Crippen LogP contribution in [0.1, 0.15) is 28.8 Å². The Hall–Kier alpha value is -2.80. The predicted octanol–water partition coefficient (Wildman–Crippen LogP) is 3.45. The molecule has 148 valence electrons. The lowest BCUT2D eigenvalue weighted by Crippen LogP contribution is -2.42. The zero-order chi connectivity index (χ0) is 20.1. The van der Waals surface area contributed by atoms with Crippen LogP contribution in [0.5, 0.6) is 0 Å². The van der Waals surface area contributed by atoms with Gasteiger partial charge in [-0.2, -0.15) is 0 Å². The molecule has 0 N–H and O–H groups in total. The third-order valence-electron chi connectivity index (χ3n) is 4.91. The molecule has 0 unspecified atom stereocenters. The van der Waals surface area contributed by atoms with Crippen LogP contribution in [0.25, 0.3) is 0 Å². The predicted molar refractivity (Wildman–Crippen MR) is 104 cm³/mol. The van der Waals surface area contributed by atoms with Crippen molar-refractivity contribution in [1.82, 2.24) is 9.88 Å². The molecule has 6 nitrogen and oxygen atoms in total. The van der Waals surface area contributed by atoms with Gasteiger partial charge < -0.3 is 4.74 Å². The summed E-state index contributed by atoms with van der Waals surface area (Å²) in [4.78, 5) is 32.4. The lowest BCUT2D eigenvalue weighted by molar-refractivity contribution is 0.0527. The van der Waals surface area contributed by atoms with Crippen molar-refractivity contribution < 1.29 is 18.7 Å². The first-order valence-electron chi connectivity index (χ1n) is 9.31. The molecule has 7 heteroatoms. The fourth-order valence-corrected chi connectivity index (χ4v) is 3.25. The minimum absolute atomic E-state index is 0.0409. The van der Waals surface area contributed by atoms with Crippen LogP contribution in [0.15, 0.2) is 42.6 Å². The lowest BCUT2D eigenvalue weighted by atomic mass is 10.1. The number of ether oxygens (including phenoxy) is 1. The molecule has 1 aromatic heterocycles. The molecule has 0 atom stereocenters. The van der Waals surface area contributed by atoms with E-state index in [9.17, 15) is 14.0 Å². The summed E-state index contributed by atoms with van der Waals surface area (Å²) in [7, 11) is 1.65. The van der Waals surface area contributed by atoms with Crippen LogP contribution in [0.4, 0.5) is 15.0 Å². The van der Waals surface area contributed by atoms with E-state index in [2.05, 4.69) is 4.98 Å². The van der Waals surface area contributed by atoms with Gasteiger partial charge in [-0.05, 0) is 55.7 Å². The number of halogens is 1. The van der Waals surface area contributed by atoms with Crippen LogP contribution in [0.3, 0.4) is 0 Å². The molecule has 2 aromatic rings. The zero-order valence-corrected chi connectivity index (χ0v) is 16.1. The summed E-state index contributed by atoms with van der Waals surface area (Å²) >= 11 is 0. The number of hydrogen-bond acceptors (Lipinski definition) is 5. The van der Waals surface area contributed by atoms with Crippen molar-refractivity contribution in [3.8, 4) is 0 Å². The van der Waals surface area contributed by atoms with Crippen molar-refractivity contribution in [2.75, 3.05) is 31.6 Å². The summed E-state index contributed by atoms with van der Waals surface area (Å²) < 4.78 is 18.6. The van der Waals surface area contributed by atoms with Gasteiger partial charge in [0.25, 0.3) is 0 Å². The van der Waals surface area contributed by atoms with E-state index in [0.29, 0.717) is 37.3 Å². The van der Waals surface area contributed by atoms with Crippen LogP contribution >= 0.6 is 0 Å². The summed E-state index contributed by atoms with van der Waals surface area (Å²) in [6.07, 6.45) is 2.36. The van der Waals surface area contributed by atoms with Crippen LogP contribution in [-0.2, 0) is 4.74 Å². The van der Waals surface area contributed by atoms with Gasteiger partial charge in [-0.25, -0.2) is 14.2 Å². The van der Waals surface area contributed by atoms with Gasteiger partial charge >= 0.3 is 6.09 Å². The summed E-state index contributed by atoms with van der Waals surface area (Å²) in [5, 5.41) is 0. The Morgan fingerprint density at radius 2 is 1.89 bits per heavy atom. The molecular formula is C21H24FN3O3. The molecule has 3 rings (SSSR count). The number of rotatable bonds is 5. The van der Waals surface area contributed by atoms with Crippen LogP contribution in [0.2, 0.25) is 0 Å². The van der Waals surface area contributed by atoms with E-state index < -0.39 is 6.09 Å². The maximum Gasteiger partial charge on any atom is 0.415 e. The minimum Gasteiger partial charge on any atom is -0.446 e. The molecule has 2 heterocycles.